The molecule has 1 saturated heterocycles. The summed E-state index contributed by atoms with van der Waals surface area (Å²) in [6, 6.07) is -0.767. The lowest BCUT2D eigenvalue weighted by atomic mass is 10.0. The number of aliphatic carboxylic acids is 1. The van der Waals surface area contributed by atoms with E-state index in [4.69, 9.17) is 0 Å². The van der Waals surface area contributed by atoms with E-state index in [1.165, 1.54) is 39.8 Å². The number of aryl methyl sites for hydroxylation is 3. The van der Waals surface area contributed by atoms with Crippen LogP contribution in [-0.2, 0) is 16.1 Å². The molecule has 0 radical (unpaired) electrons. The van der Waals surface area contributed by atoms with Crippen molar-refractivity contribution in [2.75, 3.05) is 11.5 Å². The van der Waals surface area contributed by atoms with Crippen molar-refractivity contribution in [3.8, 4) is 0 Å². The van der Waals surface area contributed by atoms with Gasteiger partial charge in [-0.25, -0.2) is 4.79 Å². The molecule has 0 saturated carbocycles. The molecule has 0 spiro atoms. The maximum Gasteiger partial charge on any atom is 0.352 e. The van der Waals surface area contributed by atoms with Gasteiger partial charge < -0.3 is 10.4 Å². The minimum Gasteiger partial charge on any atom is -0.477 e. The molecule has 10 nitrogen and oxygen atoms in total. The largest absolute Gasteiger partial charge is 0.477 e. The van der Waals surface area contributed by atoms with Gasteiger partial charge in [0.1, 0.15) is 22.1 Å². The Bertz CT molecular complexity index is 1090. The van der Waals surface area contributed by atoms with Crippen LogP contribution in [0.25, 0.3) is 0 Å². The Balaban J connectivity index is 1.48. The zero-order chi connectivity index (χ0) is 22.3. The molecule has 2 aromatic rings. The summed E-state index contributed by atoms with van der Waals surface area (Å²) in [6.07, 6.45) is 1.65. The monoisotopic (exact) mass is 480 g/mol. The molecular weight excluding hydrogens is 460 g/mol. The highest BCUT2D eigenvalue weighted by Crippen LogP contribution is 2.41. The van der Waals surface area contributed by atoms with Gasteiger partial charge in [0.05, 0.1) is 11.3 Å². The lowest BCUT2D eigenvalue weighted by Gasteiger charge is -2.49. The van der Waals surface area contributed by atoms with Gasteiger partial charge in [-0.05, 0) is 26.3 Å². The summed E-state index contributed by atoms with van der Waals surface area (Å²) in [6.45, 7) is 6.14. The zero-order valence-electron chi connectivity index (χ0n) is 17.0. The zero-order valence-corrected chi connectivity index (χ0v) is 19.4. The highest BCUT2D eigenvalue weighted by molar-refractivity contribution is 8.01. The molecule has 0 bridgehead atoms. The SMILES string of the molecule is CCn1cc(C(=O)N[C@@H]2C(=O)N3C(C(=O)O)=C(CSc4nnc(C)s4)CS[C@@H]23)c(C)n1. The summed E-state index contributed by atoms with van der Waals surface area (Å²) in [4.78, 5) is 38.7. The van der Waals surface area contributed by atoms with E-state index >= 15 is 0 Å². The number of fused-ring (bicyclic) bond motifs is 1. The summed E-state index contributed by atoms with van der Waals surface area (Å²) in [5, 5.41) is 25.2. The summed E-state index contributed by atoms with van der Waals surface area (Å²) < 4.78 is 2.41. The number of nitrogens with zero attached hydrogens (tertiary/aromatic N) is 5. The molecule has 2 N–H and O–H groups in total. The Labute approximate surface area is 190 Å². The molecule has 2 aliphatic rings. The van der Waals surface area contributed by atoms with E-state index in [0.717, 1.165) is 9.35 Å². The molecule has 2 atom stereocenters. The molecule has 2 aromatic heterocycles. The molecule has 2 amide bonds. The third-order valence-electron chi connectivity index (χ3n) is 4.93. The minimum atomic E-state index is -1.15. The molecule has 0 aliphatic carbocycles. The maximum absolute atomic E-state index is 12.8. The minimum absolute atomic E-state index is 0.00275. The van der Waals surface area contributed by atoms with Gasteiger partial charge >= 0.3 is 5.97 Å². The van der Waals surface area contributed by atoms with Gasteiger partial charge in [-0.15, -0.1) is 22.0 Å². The van der Waals surface area contributed by atoms with Crippen LogP contribution in [0.5, 0.6) is 0 Å². The molecule has 0 aromatic carbocycles. The Morgan fingerprint density at radius 2 is 2.13 bits per heavy atom. The van der Waals surface area contributed by atoms with Crippen LogP contribution in [0, 0.1) is 13.8 Å². The van der Waals surface area contributed by atoms with Crippen molar-refractivity contribution in [1.82, 2.24) is 30.2 Å². The highest BCUT2D eigenvalue weighted by atomic mass is 32.2. The van der Waals surface area contributed by atoms with Crippen molar-refractivity contribution >= 4 is 52.6 Å². The van der Waals surface area contributed by atoms with Crippen LogP contribution in [0.3, 0.4) is 0 Å². The lowest BCUT2D eigenvalue weighted by Crippen LogP contribution is -2.70. The first-order valence-corrected chi connectivity index (χ1v) is 12.3. The first-order chi connectivity index (χ1) is 14.8. The van der Waals surface area contributed by atoms with Crippen LogP contribution in [0.2, 0.25) is 0 Å². The van der Waals surface area contributed by atoms with Gasteiger partial charge in [0.2, 0.25) is 0 Å². The Morgan fingerprint density at radius 1 is 1.35 bits per heavy atom. The van der Waals surface area contributed by atoms with Crippen LogP contribution in [0.1, 0.15) is 28.0 Å². The Kier molecular flexibility index (Phi) is 6.08. The van der Waals surface area contributed by atoms with Crippen molar-refractivity contribution in [3.63, 3.8) is 0 Å². The van der Waals surface area contributed by atoms with Crippen LogP contribution in [0.15, 0.2) is 21.8 Å². The van der Waals surface area contributed by atoms with Crippen molar-refractivity contribution in [2.24, 2.45) is 0 Å². The number of β-lactam (4-membered cyclic amide) rings is 1. The van der Waals surface area contributed by atoms with Gasteiger partial charge in [0.25, 0.3) is 11.8 Å². The molecule has 4 heterocycles. The van der Waals surface area contributed by atoms with Gasteiger partial charge in [-0.2, -0.15) is 5.10 Å². The van der Waals surface area contributed by atoms with Crippen molar-refractivity contribution in [3.05, 3.63) is 33.7 Å². The fourth-order valence-corrected chi connectivity index (χ4v) is 6.70. The quantitative estimate of drug-likeness (QED) is 0.447. The molecule has 2 aliphatic heterocycles. The average molecular weight is 481 g/mol. The molecule has 13 heteroatoms. The number of carbonyl (C=O) groups is 3. The van der Waals surface area contributed by atoms with Crippen LogP contribution in [0.4, 0.5) is 0 Å². The van der Waals surface area contributed by atoms with E-state index in [2.05, 4.69) is 20.6 Å². The molecule has 1 fully saturated rings. The van der Waals surface area contributed by atoms with Gasteiger partial charge in [0.15, 0.2) is 4.34 Å². The van der Waals surface area contributed by atoms with E-state index in [9.17, 15) is 19.5 Å². The number of aromatic nitrogens is 4. The van der Waals surface area contributed by atoms with Crippen molar-refractivity contribution < 1.29 is 19.5 Å². The number of rotatable bonds is 7. The van der Waals surface area contributed by atoms with Crippen LogP contribution < -0.4 is 5.32 Å². The highest BCUT2D eigenvalue weighted by Gasteiger charge is 2.54. The summed E-state index contributed by atoms with van der Waals surface area (Å²) in [7, 11) is 0. The average Bonchev–Trinajstić information content (AvgIpc) is 3.34. The van der Waals surface area contributed by atoms with E-state index in [-0.39, 0.29) is 11.6 Å². The molecule has 0 unspecified atom stereocenters. The second-order valence-electron chi connectivity index (χ2n) is 6.98. The van der Waals surface area contributed by atoms with Crippen LogP contribution in [-0.4, -0.2) is 70.7 Å². The Hall–Kier alpha value is -2.38. The summed E-state index contributed by atoms with van der Waals surface area (Å²) in [5.41, 5.74) is 1.65. The number of carboxylic acids is 1. The van der Waals surface area contributed by atoms with Gasteiger partial charge in [-0.1, -0.05) is 23.1 Å². The number of hydrogen-bond acceptors (Lipinski definition) is 9. The molecule has 164 valence electrons. The second kappa shape index (κ2) is 8.63. The topological polar surface area (TPSA) is 130 Å². The number of thioether (sulfide) groups is 2. The third kappa shape index (κ3) is 4.08. The molecular formula is C18H20N6O4S3. The van der Waals surface area contributed by atoms with E-state index in [0.29, 0.717) is 34.9 Å². The number of amides is 2. The maximum atomic E-state index is 12.8. The normalized spacial score (nSPS) is 20.5. The smallest absolute Gasteiger partial charge is 0.352 e. The first kappa shape index (κ1) is 21.8. The Morgan fingerprint density at radius 3 is 2.74 bits per heavy atom. The van der Waals surface area contributed by atoms with Crippen molar-refractivity contribution in [1.29, 1.82) is 0 Å². The molecule has 4 rings (SSSR count). The predicted octanol–water partition coefficient (Wildman–Crippen LogP) is 1.52. The van der Waals surface area contributed by atoms with Gasteiger partial charge in [0, 0.05) is 24.2 Å². The summed E-state index contributed by atoms with van der Waals surface area (Å²) >= 11 is 4.29. The second-order valence-corrected chi connectivity index (χ2v) is 10.5. The van der Waals surface area contributed by atoms with Crippen molar-refractivity contribution in [2.45, 2.75) is 43.1 Å². The fraction of sp³-hybridized carbons (Fsp3) is 0.444. The van der Waals surface area contributed by atoms with E-state index < -0.39 is 23.3 Å². The predicted molar refractivity (Wildman–Crippen MR) is 117 cm³/mol. The van der Waals surface area contributed by atoms with Crippen LogP contribution >= 0.6 is 34.9 Å². The molecule has 31 heavy (non-hydrogen) atoms. The first-order valence-electron chi connectivity index (χ1n) is 9.48. The number of nitrogens with one attached hydrogen (secondary N) is 1. The summed E-state index contributed by atoms with van der Waals surface area (Å²) in [5.74, 6) is -1.08. The van der Waals surface area contributed by atoms with Gasteiger partial charge in [-0.3, -0.25) is 19.2 Å². The number of carbonyl (C=O) groups excluding carboxylic acids is 2. The number of hydrogen-bond donors (Lipinski definition) is 2. The lowest BCUT2D eigenvalue weighted by molar-refractivity contribution is -0.148. The standard InChI is InChI=1S/C18H20N6O4S3/c1-4-23-5-11(8(2)22-23)14(25)19-12-15(26)24-13(17(27)28)10(6-29-16(12)24)7-30-18-21-20-9(3)31-18/h5,12,16H,4,6-7H2,1-3H3,(H,19,25)(H,27,28)/t12-,16+/m1/s1. The third-order valence-corrected chi connectivity index (χ3v) is 8.33. The number of carboxylic acid groups (broad SMARTS) is 1. The van der Waals surface area contributed by atoms with E-state index in [1.54, 1.807) is 17.8 Å². The van der Waals surface area contributed by atoms with E-state index in [1.807, 2.05) is 13.8 Å². The fourth-order valence-electron chi connectivity index (χ4n) is 3.40.